The number of nitrogens with zero attached hydrogens (tertiary/aromatic N) is 1. The summed E-state index contributed by atoms with van der Waals surface area (Å²) in [5.41, 5.74) is 2.14. The van der Waals surface area contributed by atoms with Gasteiger partial charge in [0.05, 0.1) is 6.21 Å². The second-order valence-electron chi connectivity index (χ2n) is 2.56. The Labute approximate surface area is 69.9 Å². The molecule has 0 atom stereocenters. The Kier molecular flexibility index (Phi) is 1.55. The third-order valence-corrected chi connectivity index (χ3v) is 1.84. The average molecular weight is 159 g/mol. The Morgan fingerprint density at radius 2 is 2.25 bits per heavy atom. The van der Waals surface area contributed by atoms with Crippen molar-refractivity contribution in [3.63, 3.8) is 0 Å². The number of aromatic nitrogens is 1. The summed E-state index contributed by atoms with van der Waals surface area (Å²) in [7, 11) is 0. The SMILES string of the molecule is NN=Cc1cccc2[nH]ccc12. The molecule has 0 fully saturated rings. The van der Waals surface area contributed by atoms with E-state index in [0.717, 1.165) is 16.5 Å². The maximum absolute atomic E-state index is 5.08. The summed E-state index contributed by atoms with van der Waals surface area (Å²) in [5, 5.41) is 4.64. The lowest BCUT2D eigenvalue weighted by Gasteiger charge is -1.93. The van der Waals surface area contributed by atoms with Crippen LogP contribution in [-0.2, 0) is 0 Å². The van der Waals surface area contributed by atoms with E-state index in [2.05, 4.69) is 10.1 Å². The van der Waals surface area contributed by atoms with Crippen molar-refractivity contribution in [1.82, 2.24) is 4.98 Å². The molecular formula is C9H9N3. The maximum Gasteiger partial charge on any atom is 0.0544 e. The van der Waals surface area contributed by atoms with Crippen molar-refractivity contribution >= 4 is 17.1 Å². The third kappa shape index (κ3) is 0.955. The highest BCUT2D eigenvalue weighted by Crippen LogP contribution is 2.15. The number of hydrazone groups is 1. The minimum Gasteiger partial charge on any atom is -0.361 e. The first-order valence-corrected chi connectivity index (χ1v) is 3.71. The highest BCUT2D eigenvalue weighted by atomic mass is 15.1. The van der Waals surface area contributed by atoms with E-state index in [0.29, 0.717) is 0 Å². The van der Waals surface area contributed by atoms with Crippen LogP contribution in [-0.4, -0.2) is 11.2 Å². The topological polar surface area (TPSA) is 54.2 Å². The summed E-state index contributed by atoms with van der Waals surface area (Å²) in [4.78, 5) is 3.12. The van der Waals surface area contributed by atoms with E-state index in [9.17, 15) is 0 Å². The van der Waals surface area contributed by atoms with E-state index in [1.54, 1.807) is 6.21 Å². The van der Waals surface area contributed by atoms with Gasteiger partial charge in [0.1, 0.15) is 0 Å². The normalized spacial score (nSPS) is 11.3. The fourth-order valence-electron chi connectivity index (χ4n) is 1.30. The average Bonchev–Trinajstić information content (AvgIpc) is 2.53. The molecule has 2 rings (SSSR count). The number of fused-ring (bicyclic) bond motifs is 1. The van der Waals surface area contributed by atoms with Gasteiger partial charge >= 0.3 is 0 Å². The molecule has 3 N–H and O–H groups in total. The molecule has 0 amide bonds. The van der Waals surface area contributed by atoms with Crippen LogP contribution in [0.4, 0.5) is 0 Å². The quantitative estimate of drug-likeness (QED) is 0.369. The Morgan fingerprint density at radius 3 is 3.08 bits per heavy atom. The highest BCUT2D eigenvalue weighted by Gasteiger charge is 1.97. The van der Waals surface area contributed by atoms with Crippen molar-refractivity contribution < 1.29 is 0 Å². The molecule has 0 radical (unpaired) electrons. The molecule has 0 unspecified atom stereocenters. The molecule has 0 saturated heterocycles. The fourth-order valence-corrected chi connectivity index (χ4v) is 1.30. The number of hydrogen-bond donors (Lipinski definition) is 2. The summed E-state index contributed by atoms with van der Waals surface area (Å²) >= 11 is 0. The molecule has 0 aliphatic heterocycles. The molecule has 0 aliphatic rings. The number of H-pyrrole nitrogens is 1. The smallest absolute Gasteiger partial charge is 0.0544 e. The lowest BCUT2D eigenvalue weighted by Crippen LogP contribution is -1.86. The number of nitrogens with two attached hydrogens (primary N) is 1. The first-order valence-electron chi connectivity index (χ1n) is 3.71. The first-order chi connectivity index (χ1) is 5.92. The van der Waals surface area contributed by atoms with Gasteiger partial charge in [-0.3, -0.25) is 0 Å². The monoisotopic (exact) mass is 159 g/mol. The largest absolute Gasteiger partial charge is 0.361 e. The van der Waals surface area contributed by atoms with Crippen molar-refractivity contribution in [3.8, 4) is 0 Å². The van der Waals surface area contributed by atoms with E-state index in [1.165, 1.54) is 0 Å². The van der Waals surface area contributed by atoms with Gasteiger partial charge in [0.25, 0.3) is 0 Å². The second kappa shape index (κ2) is 2.70. The molecule has 3 nitrogen and oxygen atoms in total. The van der Waals surface area contributed by atoms with E-state index in [-0.39, 0.29) is 0 Å². The van der Waals surface area contributed by atoms with Gasteiger partial charge in [-0.05, 0) is 12.1 Å². The number of aromatic amines is 1. The highest BCUT2D eigenvalue weighted by molar-refractivity contribution is 5.98. The molecule has 60 valence electrons. The summed E-state index contributed by atoms with van der Waals surface area (Å²) in [6.07, 6.45) is 3.55. The van der Waals surface area contributed by atoms with E-state index in [4.69, 9.17) is 5.84 Å². The van der Waals surface area contributed by atoms with Gasteiger partial charge in [-0.15, -0.1) is 0 Å². The van der Waals surface area contributed by atoms with Crippen LogP contribution in [0.2, 0.25) is 0 Å². The van der Waals surface area contributed by atoms with Gasteiger partial charge in [0, 0.05) is 22.7 Å². The molecule has 2 aromatic rings. The second-order valence-corrected chi connectivity index (χ2v) is 2.56. The lowest BCUT2D eigenvalue weighted by atomic mass is 10.1. The maximum atomic E-state index is 5.08. The Morgan fingerprint density at radius 1 is 1.33 bits per heavy atom. The van der Waals surface area contributed by atoms with Crippen LogP contribution in [0.5, 0.6) is 0 Å². The molecule has 3 heteroatoms. The van der Waals surface area contributed by atoms with Crippen LogP contribution in [0, 0.1) is 0 Å². The third-order valence-electron chi connectivity index (χ3n) is 1.84. The van der Waals surface area contributed by atoms with Crippen molar-refractivity contribution in [2.75, 3.05) is 0 Å². The summed E-state index contributed by atoms with van der Waals surface area (Å²) in [6, 6.07) is 7.97. The van der Waals surface area contributed by atoms with Crippen LogP contribution >= 0.6 is 0 Å². The summed E-state index contributed by atoms with van der Waals surface area (Å²) in [6.45, 7) is 0. The Hall–Kier alpha value is -1.77. The van der Waals surface area contributed by atoms with E-state index in [1.807, 2.05) is 30.5 Å². The van der Waals surface area contributed by atoms with Gasteiger partial charge in [-0.25, -0.2) is 0 Å². The lowest BCUT2D eigenvalue weighted by molar-refractivity contribution is 1.26. The fraction of sp³-hybridized carbons (Fsp3) is 0. The number of hydrogen-bond acceptors (Lipinski definition) is 2. The van der Waals surface area contributed by atoms with E-state index < -0.39 is 0 Å². The molecule has 1 aromatic carbocycles. The Bertz CT molecular complexity index is 414. The van der Waals surface area contributed by atoms with Crippen molar-refractivity contribution in [1.29, 1.82) is 0 Å². The molecule has 1 heterocycles. The van der Waals surface area contributed by atoms with Crippen LogP contribution in [0.25, 0.3) is 10.9 Å². The van der Waals surface area contributed by atoms with Gasteiger partial charge in [0.2, 0.25) is 0 Å². The van der Waals surface area contributed by atoms with Gasteiger partial charge in [-0.2, -0.15) is 5.10 Å². The zero-order valence-electron chi connectivity index (χ0n) is 6.49. The summed E-state index contributed by atoms with van der Waals surface area (Å²) in [5.74, 6) is 5.08. The van der Waals surface area contributed by atoms with Crippen LogP contribution in [0.3, 0.4) is 0 Å². The van der Waals surface area contributed by atoms with E-state index >= 15 is 0 Å². The van der Waals surface area contributed by atoms with Crippen LogP contribution < -0.4 is 5.84 Å². The summed E-state index contributed by atoms with van der Waals surface area (Å²) < 4.78 is 0. The standard InChI is InChI=1S/C9H9N3/c10-12-6-7-2-1-3-9-8(7)4-5-11-9/h1-6,11H,10H2. The molecule has 1 aromatic heterocycles. The zero-order valence-corrected chi connectivity index (χ0v) is 6.49. The predicted molar refractivity (Wildman–Crippen MR) is 50.1 cm³/mol. The molecule has 0 spiro atoms. The minimum absolute atomic E-state index is 1.04. The molecule has 0 bridgehead atoms. The minimum atomic E-state index is 1.04. The number of benzene rings is 1. The molecule has 0 aliphatic carbocycles. The Balaban J connectivity index is 2.73. The van der Waals surface area contributed by atoms with Crippen molar-refractivity contribution in [3.05, 3.63) is 36.0 Å². The zero-order chi connectivity index (χ0) is 8.39. The van der Waals surface area contributed by atoms with Gasteiger partial charge < -0.3 is 10.8 Å². The molecule has 12 heavy (non-hydrogen) atoms. The first kappa shape index (κ1) is 6.91. The number of rotatable bonds is 1. The van der Waals surface area contributed by atoms with Crippen LogP contribution in [0.1, 0.15) is 5.56 Å². The number of nitrogens with one attached hydrogen (secondary N) is 1. The van der Waals surface area contributed by atoms with Crippen molar-refractivity contribution in [2.45, 2.75) is 0 Å². The van der Waals surface area contributed by atoms with Gasteiger partial charge in [-0.1, -0.05) is 12.1 Å². The molecule has 0 saturated carbocycles. The van der Waals surface area contributed by atoms with Crippen molar-refractivity contribution in [2.24, 2.45) is 10.9 Å². The van der Waals surface area contributed by atoms with Crippen LogP contribution in [0.15, 0.2) is 35.6 Å². The molecular weight excluding hydrogens is 150 g/mol. The van der Waals surface area contributed by atoms with Gasteiger partial charge in [0.15, 0.2) is 0 Å². The predicted octanol–water partition coefficient (Wildman–Crippen LogP) is 1.46.